The average Bonchev–Trinajstić information content (AvgIpc) is 3.66. The molecule has 1 aliphatic rings. The van der Waals surface area contributed by atoms with Crippen LogP contribution < -0.4 is 10.1 Å². The van der Waals surface area contributed by atoms with Gasteiger partial charge in [0.15, 0.2) is 18.2 Å². The zero-order valence-electron chi connectivity index (χ0n) is 19.9. The van der Waals surface area contributed by atoms with Gasteiger partial charge in [0.2, 0.25) is 0 Å². The SMILES string of the molecule is O=C(COc1cccc(-c2nc(Nc3ccc(-c4cn[nH]c4)cc3)c3sccc3n2)c1)N1CCOCC1. The van der Waals surface area contributed by atoms with E-state index < -0.39 is 0 Å². The lowest BCUT2D eigenvalue weighted by Gasteiger charge is -2.26. The Morgan fingerprint density at radius 3 is 2.73 bits per heavy atom. The number of H-pyrrole nitrogens is 1. The van der Waals surface area contributed by atoms with E-state index in [1.54, 1.807) is 22.4 Å². The fourth-order valence-electron chi connectivity index (χ4n) is 4.14. The molecule has 5 aromatic rings. The molecule has 0 saturated carbocycles. The first-order valence-corrected chi connectivity index (χ1v) is 12.8. The summed E-state index contributed by atoms with van der Waals surface area (Å²) in [5, 5.41) is 12.3. The van der Waals surface area contributed by atoms with Crippen LogP contribution in [0.1, 0.15) is 0 Å². The summed E-state index contributed by atoms with van der Waals surface area (Å²) in [6.45, 7) is 2.30. The predicted octanol–water partition coefficient (Wildman–Crippen LogP) is 4.73. The van der Waals surface area contributed by atoms with Crippen molar-refractivity contribution in [2.75, 3.05) is 38.2 Å². The molecule has 6 rings (SSSR count). The summed E-state index contributed by atoms with van der Waals surface area (Å²) in [4.78, 5) is 23.8. The number of aromatic amines is 1. The Kier molecular flexibility index (Phi) is 6.49. The first-order chi connectivity index (χ1) is 18.2. The molecule has 2 aromatic carbocycles. The lowest BCUT2D eigenvalue weighted by molar-refractivity contribution is -0.137. The Labute approximate surface area is 217 Å². The summed E-state index contributed by atoms with van der Waals surface area (Å²) in [6, 6.07) is 17.6. The Morgan fingerprint density at radius 2 is 1.92 bits per heavy atom. The molecule has 0 atom stereocenters. The highest BCUT2D eigenvalue weighted by atomic mass is 32.1. The Hall–Kier alpha value is -4.28. The largest absolute Gasteiger partial charge is 0.484 e. The number of hydrogen-bond donors (Lipinski definition) is 2. The smallest absolute Gasteiger partial charge is 0.260 e. The zero-order valence-corrected chi connectivity index (χ0v) is 20.7. The van der Waals surface area contributed by atoms with E-state index in [2.05, 4.69) is 15.5 Å². The number of fused-ring (bicyclic) bond motifs is 1. The van der Waals surface area contributed by atoms with Crippen molar-refractivity contribution in [1.82, 2.24) is 25.1 Å². The van der Waals surface area contributed by atoms with Crippen LogP contribution in [0.5, 0.6) is 5.75 Å². The molecule has 1 fully saturated rings. The van der Waals surface area contributed by atoms with Crippen molar-refractivity contribution in [2.24, 2.45) is 0 Å². The van der Waals surface area contributed by atoms with Gasteiger partial charge >= 0.3 is 0 Å². The maximum absolute atomic E-state index is 12.5. The number of carbonyl (C=O) groups is 1. The molecule has 0 unspecified atom stereocenters. The van der Waals surface area contributed by atoms with Crippen LogP contribution in [0.15, 0.2) is 72.4 Å². The number of amides is 1. The molecular formula is C27H24N6O3S. The third kappa shape index (κ3) is 5.16. The number of nitrogens with one attached hydrogen (secondary N) is 2. The molecule has 1 aliphatic heterocycles. The highest BCUT2D eigenvalue weighted by molar-refractivity contribution is 7.17. The number of morpholine rings is 1. The van der Waals surface area contributed by atoms with Crippen LogP contribution in [-0.2, 0) is 9.53 Å². The predicted molar refractivity (Wildman–Crippen MR) is 143 cm³/mol. The van der Waals surface area contributed by atoms with Gasteiger partial charge in [-0.1, -0.05) is 24.3 Å². The average molecular weight is 513 g/mol. The summed E-state index contributed by atoms with van der Waals surface area (Å²) in [7, 11) is 0. The number of benzene rings is 2. The molecule has 37 heavy (non-hydrogen) atoms. The van der Waals surface area contributed by atoms with Crippen molar-refractivity contribution in [3.05, 3.63) is 72.4 Å². The monoisotopic (exact) mass is 512 g/mol. The van der Waals surface area contributed by atoms with E-state index in [4.69, 9.17) is 19.4 Å². The molecule has 4 heterocycles. The molecule has 0 spiro atoms. The first kappa shape index (κ1) is 23.1. The summed E-state index contributed by atoms with van der Waals surface area (Å²) in [6.07, 6.45) is 3.66. The van der Waals surface area contributed by atoms with Gasteiger partial charge in [-0.15, -0.1) is 11.3 Å². The topological polar surface area (TPSA) is 105 Å². The van der Waals surface area contributed by atoms with Gasteiger partial charge in [0.1, 0.15) is 5.75 Å². The zero-order chi connectivity index (χ0) is 25.0. The maximum atomic E-state index is 12.5. The lowest BCUT2D eigenvalue weighted by Crippen LogP contribution is -2.42. The van der Waals surface area contributed by atoms with Gasteiger partial charge in [-0.05, 0) is 41.3 Å². The van der Waals surface area contributed by atoms with E-state index in [0.717, 1.165) is 38.4 Å². The van der Waals surface area contributed by atoms with E-state index in [1.807, 2.05) is 66.2 Å². The minimum Gasteiger partial charge on any atom is -0.484 e. The number of aromatic nitrogens is 4. The highest BCUT2D eigenvalue weighted by Crippen LogP contribution is 2.32. The van der Waals surface area contributed by atoms with Crippen LogP contribution >= 0.6 is 11.3 Å². The van der Waals surface area contributed by atoms with Gasteiger partial charge in [0.05, 0.1) is 29.6 Å². The quantitative estimate of drug-likeness (QED) is 0.325. The van der Waals surface area contributed by atoms with E-state index in [0.29, 0.717) is 37.9 Å². The number of hydrogen-bond acceptors (Lipinski definition) is 8. The molecular weight excluding hydrogens is 488 g/mol. The molecule has 0 bridgehead atoms. The number of nitrogens with zero attached hydrogens (tertiary/aromatic N) is 4. The fraction of sp³-hybridized carbons (Fsp3) is 0.185. The van der Waals surface area contributed by atoms with Gasteiger partial charge in [0, 0.05) is 36.1 Å². The molecule has 186 valence electrons. The van der Waals surface area contributed by atoms with Crippen molar-refractivity contribution in [2.45, 2.75) is 0 Å². The van der Waals surface area contributed by atoms with Crippen molar-refractivity contribution in [3.63, 3.8) is 0 Å². The summed E-state index contributed by atoms with van der Waals surface area (Å²) < 4.78 is 12.1. The molecule has 0 radical (unpaired) electrons. The van der Waals surface area contributed by atoms with Crippen LogP contribution in [0.25, 0.3) is 32.7 Å². The van der Waals surface area contributed by atoms with Crippen LogP contribution in [0.4, 0.5) is 11.5 Å². The van der Waals surface area contributed by atoms with Crippen molar-refractivity contribution in [1.29, 1.82) is 0 Å². The molecule has 0 aliphatic carbocycles. The molecule has 9 nitrogen and oxygen atoms in total. The third-order valence-electron chi connectivity index (χ3n) is 6.10. The van der Waals surface area contributed by atoms with E-state index in [9.17, 15) is 4.79 Å². The lowest BCUT2D eigenvalue weighted by atomic mass is 10.1. The molecule has 1 amide bonds. The Morgan fingerprint density at radius 1 is 1.05 bits per heavy atom. The summed E-state index contributed by atoms with van der Waals surface area (Å²) in [5.41, 5.74) is 4.70. The van der Waals surface area contributed by atoms with Crippen LogP contribution in [0.2, 0.25) is 0 Å². The number of ether oxygens (including phenoxy) is 2. The standard InChI is InChI=1S/C27H24N6O3S/c34-24(33-9-11-35-12-10-33)17-36-22-3-1-2-19(14-22)26-31-23-8-13-37-25(23)27(32-26)30-21-6-4-18(5-7-21)20-15-28-29-16-20/h1-8,13-16H,9-12,17H2,(H,28,29)(H,30,31,32). The normalized spacial score (nSPS) is 13.6. The molecule has 10 heteroatoms. The number of anilines is 2. The minimum atomic E-state index is -0.0464. The van der Waals surface area contributed by atoms with Gasteiger partial charge < -0.3 is 19.7 Å². The number of rotatable bonds is 7. The minimum absolute atomic E-state index is 0.0184. The molecule has 1 saturated heterocycles. The third-order valence-corrected chi connectivity index (χ3v) is 7.01. The van der Waals surface area contributed by atoms with Crippen LogP contribution in [-0.4, -0.2) is 63.9 Å². The van der Waals surface area contributed by atoms with E-state index >= 15 is 0 Å². The Bertz CT molecular complexity index is 1510. The van der Waals surface area contributed by atoms with Crippen LogP contribution in [0, 0.1) is 0 Å². The summed E-state index contributed by atoms with van der Waals surface area (Å²) >= 11 is 1.59. The number of carbonyl (C=O) groups excluding carboxylic acids is 1. The van der Waals surface area contributed by atoms with Crippen molar-refractivity contribution < 1.29 is 14.3 Å². The number of thiophene rings is 1. The van der Waals surface area contributed by atoms with Gasteiger partial charge in [0.25, 0.3) is 5.91 Å². The molecule has 2 N–H and O–H groups in total. The van der Waals surface area contributed by atoms with E-state index in [-0.39, 0.29) is 12.5 Å². The van der Waals surface area contributed by atoms with Gasteiger partial charge in [-0.2, -0.15) is 5.10 Å². The second-order valence-electron chi connectivity index (χ2n) is 8.53. The van der Waals surface area contributed by atoms with Gasteiger partial charge in [-0.25, -0.2) is 9.97 Å². The van der Waals surface area contributed by atoms with Gasteiger partial charge in [-0.3, -0.25) is 9.89 Å². The first-order valence-electron chi connectivity index (χ1n) is 11.9. The fourth-order valence-corrected chi connectivity index (χ4v) is 4.92. The van der Waals surface area contributed by atoms with Crippen LogP contribution in [0.3, 0.4) is 0 Å². The second kappa shape index (κ2) is 10.4. The maximum Gasteiger partial charge on any atom is 0.260 e. The highest BCUT2D eigenvalue weighted by Gasteiger charge is 2.17. The molecule has 3 aromatic heterocycles. The summed E-state index contributed by atoms with van der Waals surface area (Å²) in [5.74, 6) is 1.86. The van der Waals surface area contributed by atoms with Crippen molar-refractivity contribution >= 4 is 39.0 Å². The van der Waals surface area contributed by atoms with E-state index in [1.165, 1.54) is 0 Å². The second-order valence-corrected chi connectivity index (χ2v) is 9.45. The van der Waals surface area contributed by atoms with Crippen molar-refractivity contribution in [3.8, 4) is 28.3 Å². The Balaban J connectivity index is 1.22.